The summed E-state index contributed by atoms with van der Waals surface area (Å²) in [6.07, 6.45) is 2.63. The van der Waals surface area contributed by atoms with Crippen LogP contribution in [0.5, 0.6) is 0 Å². The second kappa shape index (κ2) is 4.22. The fourth-order valence-electron chi connectivity index (χ4n) is 2.09. The van der Waals surface area contributed by atoms with E-state index >= 15 is 0 Å². The molecule has 0 unspecified atom stereocenters. The largest absolute Gasteiger partial charge is 0.372 e. The van der Waals surface area contributed by atoms with Gasteiger partial charge in [-0.05, 0) is 48.6 Å². The van der Waals surface area contributed by atoms with Crippen molar-refractivity contribution >= 4 is 17.2 Å². The van der Waals surface area contributed by atoms with Crippen LogP contribution >= 0.6 is 11.5 Å². The van der Waals surface area contributed by atoms with Gasteiger partial charge in [0.05, 0.1) is 0 Å². The number of hydrogen-bond donors (Lipinski definition) is 0. The van der Waals surface area contributed by atoms with Gasteiger partial charge >= 0.3 is 0 Å². The smallest absolute Gasteiger partial charge is 0.172 e. The van der Waals surface area contributed by atoms with Crippen LogP contribution in [0.3, 0.4) is 0 Å². The summed E-state index contributed by atoms with van der Waals surface area (Å²) in [6.45, 7) is 2.38. The van der Waals surface area contributed by atoms with Gasteiger partial charge < -0.3 is 4.90 Å². The molecule has 1 fully saturated rings. The maximum atomic E-state index is 4.23. The van der Waals surface area contributed by atoms with Crippen LogP contribution in [0, 0.1) is 0 Å². The zero-order valence-electron chi connectivity index (χ0n) is 8.97. The molecular formula is C12H13N3S. The summed E-state index contributed by atoms with van der Waals surface area (Å²) >= 11 is 1.39. The van der Waals surface area contributed by atoms with Crippen molar-refractivity contribution in [2.24, 2.45) is 0 Å². The van der Waals surface area contributed by atoms with Crippen LogP contribution in [-0.4, -0.2) is 22.4 Å². The third-order valence-electron chi connectivity index (χ3n) is 2.96. The third kappa shape index (κ3) is 1.80. The normalized spacial score (nSPS) is 15.6. The average molecular weight is 231 g/mol. The first kappa shape index (κ1) is 9.78. The Kier molecular flexibility index (Phi) is 2.58. The Labute approximate surface area is 98.9 Å². The van der Waals surface area contributed by atoms with Gasteiger partial charge in [-0.3, -0.25) is 0 Å². The summed E-state index contributed by atoms with van der Waals surface area (Å²) in [5.74, 6) is 0.831. The van der Waals surface area contributed by atoms with Crippen molar-refractivity contribution in [2.45, 2.75) is 12.8 Å². The lowest BCUT2D eigenvalue weighted by Gasteiger charge is -2.17. The SMILES string of the molecule is c1nc(-c2ccc(N3CCCC3)cc2)ns1. The Balaban J connectivity index is 1.84. The van der Waals surface area contributed by atoms with Gasteiger partial charge in [-0.1, -0.05) is 0 Å². The molecule has 82 valence electrons. The molecule has 2 aromatic rings. The molecule has 0 spiro atoms. The summed E-state index contributed by atoms with van der Waals surface area (Å²) in [4.78, 5) is 6.64. The fraction of sp³-hybridized carbons (Fsp3) is 0.333. The Morgan fingerprint density at radius 1 is 1.06 bits per heavy atom. The van der Waals surface area contributed by atoms with Gasteiger partial charge in [0.1, 0.15) is 5.51 Å². The Morgan fingerprint density at radius 2 is 1.81 bits per heavy atom. The molecule has 4 heteroatoms. The lowest BCUT2D eigenvalue weighted by Crippen LogP contribution is -2.17. The van der Waals surface area contributed by atoms with E-state index in [0.717, 1.165) is 11.4 Å². The number of aromatic nitrogens is 2. The highest BCUT2D eigenvalue weighted by molar-refractivity contribution is 7.03. The number of rotatable bonds is 2. The van der Waals surface area contributed by atoms with Gasteiger partial charge in [0.25, 0.3) is 0 Å². The lowest BCUT2D eigenvalue weighted by atomic mass is 10.2. The zero-order valence-corrected chi connectivity index (χ0v) is 9.78. The minimum atomic E-state index is 0.831. The van der Waals surface area contributed by atoms with Crippen molar-refractivity contribution in [2.75, 3.05) is 18.0 Å². The molecule has 2 heterocycles. The van der Waals surface area contributed by atoms with E-state index in [4.69, 9.17) is 0 Å². The van der Waals surface area contributed by atoms with Crippen LogP contribution in [0.2, 0.25) is 0 Å². The topological polar surface area (TPSA) is 29.0 Å². The van der Waals surface area contributed by atoms with Crippen LogP contribution < -0.4 is 4.90 Å². The number of nitrogens with zero attached hydrogens (tertiary/aromatic N) is 3. The van der Waals surface area contributed by atoms with Crippen LogP contribution in [0.15, 0.2) is 29.8 Å². The predicted molar refractivity (Wildman–Crippen MR) is 66.8 cm³/mol. The molecule has 0 radical (unpaired) electrons. The van der Waals surface area contributed by atoms with Crippen molar-refractivity contribution in [1.82, 2.24) is 9.36 Å². The highest BCUT2D eigenvalue weighted by Crippen LogP contribution is 2.23. The first-order chi connectivity index (χ1) is 7.93. The van der Waals surface area contributed by atoms with Crippen molar-refractivity contribution in [3.63, 3.8) is 0 Å². The van der Waals surface area contributed by atoms with E-state index in [1.807, 2.05) is 0 Å². The molecule has 0 saturated carbocycles. The van der Waals surface area contributed by atoms with Crippen molar-refractivity contribution in [3.05, 3.63) is 29.8 Å². The van der Waals surface area contributed by atoms with Crippen molar-refractivity contribution in [3.8, 4) is 11.4 Å². The van der Waals surface area contributed by atoms with E-state index in [1.54, 1.807) is 5.51 Å². The molecule has 1 aromatic carbocycles. The molecule has 1 aliphatic rings. The highest BCUT2D eigenvalue weighted by Gasteiger charge is 2.12. The predicted octanol–water partition coefficient (Wildman–Crippen LogP) is 2.81. The first-order valence-corrected chi connectivity index (χ1v) is 6.39. The first-order valence-electron chi connectivity index (χ1n) is 5.55. The fourth-order valence-corrected chi connectivity index (χ4v) is 2.54. The molecule has 3 rings (SSSR count). The lowest BCUT2D eigenvalue weighted by molar-refractivity contribution is 0.949. The van der Waals surface area contributed by atoms with Gasteiger partial charge in [0, 0.05) is 24.3 Å². The van der Waals surface area contributed by atoms with Crippen molar-refractivity contribution < 1.29 is 0 Å². The van der Waals surface area contributed by atoms with E-state index in [2.05, 4.69) is 38.5 Å². The van der Waals surface area contributed by atoms with Crippen LogP contribution in [0.4, 0.5) is 5.69 Å². The number of benzene rings is 1. The van der Waals surface area contributed by atoms with Crippen molar-refractivity contribution in [1.29, 1.82) is 0 Å². The number of hydrogen-bond acceptors (Lipinski definition) is 4. The van der Waals surface area contributed by atoms with E-state index in [1.165, 1.54) is 43.2 Å². The van der Waals surface area contributed by atoms with Gasteiger partial charge in [0.2, 0.25) is 0 Å². The minimum absolute atomic E-state index is 0.831. The number of anilines is 1. The maximum absolute atomic E-state index is 4.23. The molecule has 0 N–H and O–H groups in total. The summed E-state index contributed by atoms with van der Waals surface area (Å²) in [6, 6.07) is 8.55. The summed E-state index contributed by atoms with van der Waals surface area (Å²) in [5.41, 5.74) is 4.18. The van der Waals surface area contributed by atoms with Crippen LogP contribution in [0.25, 0.3) is 11.4 Å². The second-order valence-corrected chi connectivity index (χ2v) is 4.60. The van der Waals surface area contributed by atoms with Gasteiger partial charge in [0.15, 0.2) is 5.82 Å². The summed E-state index contributed by atoms with van der Waals surface area (Å²) < 4.78 is 4.23. The summed E-state index contributed by atoms with van der Waals surface area (Å²) in [5, 5.41) is 0. The molecule has 0 amide bonds. The molecule has 3 nitrogen and oxygen atoms in total. The zero-order chi connectivity index (χ0) is 10.8. The maximum Gasteiger partial charge on any atom is 0.172 e. The van der Waals surface area contributed by atoms with Crippen LogP contribution in [0.1, 0.15) is 12.8 Å². The quantitative estimate of drug-likeness (QED) is 0.796. The average Bonchev–Trinajstić information content (AvgIpc) is 3.03. The van der Waals surface area contributed by atoms with Gasteiger partial charge in [-0.2, -0.15) is 4.37 Å². The highest BCUT2D eigenvalue weighted by atomic mass is 32.1. The third-order valence-corrected chi connectivity index (χ3v) is 3.44. The standard InChI is InChI=1S/C12H13N3S/c1-2-8-15(7-1)11-5-3-10(4-6-11)12-13-9-16-14-12/h3-6,9H,1-2,7-8H2. The molecule has 0 atom stereocenters. The molecular weight excluding hydrogens is 218 g/mol. The van der Waals surface area contributed by atoms with Gasteiger partial charge in [-0.25, -0.2) is 4.98 Å². The summed E-state index contributed by atoms with van der Waals surface area (Å²) in [7, 11) is 0. The van der Waals surface area contributed by atoms with E-state index in [0.29, 0.717) is 0 Å². The molecule has 1 saturated heterocycles. The molecule has 0 bridgehead atoms. The Hall–Kier alpha value is -1.42. The molecule has 1 aromatic heterocycles. The van der Waals surface area contributed by atoms with E-state index < -0.39 is 0 Å². The van der Waals surface area contributed by atoms with Gasteiger partial charge in [-0.15, -0.1) is 0 Å². The monoisotopic (exact) mass is 231 g/mol. The minimum Gasteiger partial charge on any atom is -0.372 e. The molecule has 0 aliphatic carbocycles. The molecule has 16 heavy (non-hydrogen) atoms. The Bertz CT molecular complexity index is 444. The Morgan fingerprint density at radius 3 is 2.44 bits per heavy atom. The molecule has 1 aliphatic heterocycles. The second-order valence-electron chi connectivity index (χ2n) is 4.00. The van der Waals surface area contributed by atoms with E-state index in [9.17, 15) is 0 Å². The van der Waals surface area contributed by atoms with Crippen LogP contribution in [-0.2, 0) is 0 Å². The van der Waals surface area contributed by atoms with E-state index in [-0.39, 0.29) is 0 Å².